The van der Waals surface area contributed by atoms with Crippen LogP contribution in [0, 0.1) is 0 Å². The number of thiazole rings is 1. The van der Waals surface area contributed by atoms with Gasteiger partial charge in [0.05, 0.1) is 16.3 Å². The summed E-state index contributed by atoms with van der Waals surface area (Å²) in [7, 11) is 0. The van der Waals surface area contributed by atoms with Crippen LogP contribution in [-0.4, -0.2) is 36.1 Å². The minimum Gasteiger partial charge on any atom is -0.314 e. The molecule has 0 aliphatic carbocycles. The fraction of sp³-hybridized carbons (Fsp3) is 0.462. The van der Waals surface area contributed by atoms with Gasteiger partial charge in [-0.05, 0) is 19.1 Å². The minimum absolute atomic E-state index is 0.439. The monoisotopic (exact) mass is 247 g/mol. The number of aromatic nitrogens is 1. The molecular weight excluding hydrogens is 230 g/mol. The highest BCUT2D eigenvalue weighted by Crippen LogP contribution is 2.29. The van der Waals surface area contributed by atoms with E-state index < -0.39 is 0 Å². The average Bonchev–Trinajstić information content (AvgIpc) is 2.82. The molecule has 3 nitrogen and oxygen atoms in total. The van der Waals surface area contributed by atoms with Gasteiger partial charge in [0.2, 0.25) is 0 Å². The molecule has 1 unspecified atom stereocenters. The lowest BCUT2D eigenvalue weighted by Gasteiger charge is -2.31. The number of rotatable bonds is 2. The second-order valence-electron chi connectivity index (χ2n) is 4.48. The fourth-order valence-electron chi connectivity index (χ4n) is 2.29. The molecule has 0 amide bonds. The summed E-state index contributed by atoms with van der Waals surface area (Å²) in [5.41, 5.74) is 1.13. The minimum atomic E-state index is 0.439. The van der Waals surface area contributed by atoms with Crippen LogP contribution < -0.4 is 5.32 Å². The molecule has 2 aromatic rings. The van der Waals surface area contributed by atoms with Gasteiger partial charge in [-0.2, -0.15) is 0 Å². The van der Waals surface area contributed by atoms with Gasteiger partial charge in [0.15, 0.2) is 0 Å². The van der Waals surface area contributed by atoms with E-state index in [4.69, 9.17) is 4.98 Å². The summed E-state index contributed by atoms with van der Waals surface area (Å²) in [6.45, 7) is 6.70. The number of hydrogen-bond donors (Lipinski definition) is 1. The van der Waals surface area contributed by atoms with Crippen LogP contribution in [0.3, 0.4) is 0 Å². The van der Waals surface area contributed by atoms with Crippen molar-refractivity contribution in [3.8, 4) is 0 Å². The molecule has 90 valence electrons. The summed E-state index contributed by atoms with van der Waals surface area (Å²) >= 11 is 1.83. The lowest BCUT2D eigenvalue weighted by Crippen LogP contribution is -2.44. The Labute approximate surface area is 105 Å². The van der Waals surface area contributed by atoms with Gasteiger partial charge >= 0.3 is 0 Å². The summed E-state index contributed by atoms with van der Waals surface area (Å²) in [5.74, 6) is 0. The largest absolute Gasteiger partial charge is 0.314 e. The van der Waals surface area contributed by atoms with Gasteiger partial charge < -0.3 is 5.32 Å². The zero-order chi connectivity index (χ0) is 11.7. The highest BCUT2D eigenvalue weighted by atomic mass is 32.1. The number of nitrogens with zero attached hydrogens (tertiary/aromatic N) is 2. The van der Waals surface area contributed by atoms with E-state index in [9.17, 15) is 0 Å². The van der Waals surface area contributed by atoms with E-state index in [1.807, 2.05) is 11.3 Å². The summed E-state index contributed by atoms with van der Waals surface area (Å²) in [5, 5.41) is 4.63. The molecule has 1 aromatic heterocycles. The SMILES string of the molecule is CC(c1nc2ccccc2s1)N1CCNCC1. The van der Waals surface area contributed by atoms with Gasteiger partial charge in [-0.25, -0.2) is 4.98 Å². The zero-order valence-corrected chi connectivity index (χ0v) is 10.8. The predicted octanol–water partition coefficient (Wildman–Crippen LogP) is 2.26. The molecule has 2 heterocycles. The third kappa shape index (κ3) is 2.20. The van der Waals surface area contributed by atoms with Crippen LogP contribution in [0.5, 0.6) is 0 Å². The van der Waals surface area contributed by atoms with Gasteiger partial charge in [0.25, 0.3) is 0 Å². The van der Waals surface area contributed by atoms with E-state index in [1.54, 1.807) is 0 Å². The van der Waals surface area contributed by atoms with Crippen LogP contribution in [0.2, 0.25) is 0 Å². The maximum atomic E-state index is 4.74. The summed E-state index contributed by atoms with van der Waals surface area (Å²) in [6.07, 6.45) is 0. The third-order valence-electron chi connectivity index (χ3n) is 3.37. The molecule has 1 fully saturated rings. The lowest BCUT2D eigenvalue weighted by molar-refractivity contribution is 0.185. The molecule has 0 spiro atoms. The first-order valence-electron chi connectivity index (χ1n) is 6.15. The van der Waals surface area contributed by atoms with Crippen LogP contribution in [0.15, 0.2) is 24.3 Å². The molecule has 1 saturated heterocycles. The van der Waals surface area contributed by atoms with Gasteiger partial charge in [-0.1, -0.05) is 12.1 Å². The Morgan fingerprint density at radius 1 is 1.29 bits per heavy atom. The number of fused-ring (bicyclic) bond motifs is 1. The molecule has 1 N–H and O–H groups in total. The summed E-state index contributed by atoms with van der Waals surface area (Å²) in [4.78, 5) is 7.25. The van der Waals surface area contributed by atoms with E-state index in [0.717, 1.165) is 31.7 Å². The Morgan fingerprint density at radius 3 is 2.82 bits per heavy atom. The smallest absolute Gasteiger partial charge is 0.111 e. The fourth-order valence-corrected chi connectivity index (χ4v) is 3.35. The molecule has 0 radical (unpaired) electrons. The molecule has 0 saturated carbocycles. The molecule has 1 atom stereocenters. The van der Waals surface area contributed by atoms with Crippen molar-refractivity contribution in [2.24, 2.45) is 0 Å². The molecule has 1 aliphatic heterocycles. The topological polar surface area (TPSA) is 28.2 Å². The maximum absolute atomic E-state index is 4.74. The molecule has 1 aliphatic rings. The van der Waals surface area contributed by atoms with Crippen LogP contribution in [0.25, 0.3) is 10.2 Å². The second kappa shape index (κ2) is 4.72. The van der Waals surface area contributed by atoms with Crippen molar-refractivity contribution < 1.29 is 0 Å². The van der Waals surface area contributed by atoms with E-state index in [0.29, 0.717) is 6.04 Å². The van der Waals surface area contributed by atoms with Crippen molar-refractivity contribution in [2.75, 3.05) is 26.2 Å². The standard InChI is InChI=1S/C13H17N3S/c1-10(16-8-6-14-7-9-16)13-15-11-4-2-3-5-12(11)17-13/h2-5,10,14H,6-9H2,1H3. The Morgan fingerprint density at radius 2 is 2.06 bits per heavy atom. The highest BCUT2D eigenvalue weighted by molar-refractivity contribution is 7.18. The molecular formula is C13H17N3S. The number of piperazine rings is 1. The summed E-state index contributed by atoms with van der Waals surface area (Å²) in [6, 6.07) is 8.83. The van der Waals surface area contributed by atoms with Crippen molar-refractivity contribution in [2.45, 2.75) is 13.0 Å². The normalized spacial score (nSPS) is 19.6. The quantitative estimate of drug-likeness (QED) is 0.882. The Bertz CT molecular complexity index is 469. The predicted molar refractivity (Wildman–Crippen MR) is 72.5 cm³/mol. The van der Waals surface area contributed by atoms with Crippen molar-refractivity contribution in [3.63, 3.8) is 0 Å². The van der Waals surface area contributed by atoms with Crippen LogP contribution in [0.1, 0.15) is 18.0 Å². The third-order valence-corrected chi connectivity index (χ3v) is 4.57. The highest BCUT2D eigenvalue weighted by Gasteiger charge is 2.20. The van der Waals surface area contributed by atoms with Gasteiger partial charge in [-0.3, -0.25) is 4.90 Å². The molecule has 1 aromatic carbocycles. The molecule has 17 heavy (non-hydrogen) atoms. The van der Waals surface area contributed by atoms with Crippen LogP contribution in [0.4, 0.5) is 0 Å². The maximum Gasteiger partial charge on any atom is 0.111 e. The van der Waals surface area contributed by atoms with Crippen molar-refractivity contribution in [1.29, 1.82) is 0 Å². The van der Waals surface area contributed by atoms with Gasteiger partial charge in [0, 0.05) is 26.2 Å². The Hall–Kier alpha value is -0.970. The van der Waals surface area contributed by atoms with Gasteiger partial charge in [-0.15, -0.1) is 11.3 Å². The zero-order valence-electron chi connectivity index (χ0n) is 10.0. The van der Waals surface area contributed by atoms with Crippen LogP contribution in [-0.2, 0) is 0 Å². The first-order chi connectivity index (χ1) is 8.34. The van der Waals surface area contributed by atoms with E-state index >= 15 is 0 Å². The van der Waals surface area contributed by atoms with E-state index in [-0.39, 0.29) is 0 Å². The van der Waals surface area contributed by atoms with Gasteiger partial charge in [0.1, 0.15) is 5.01 Å². The number of hydrogen-bond acceptors (Lipinski definition) is 4. The summed E-state index contributed by atoms with van der Waals surface area (Å²) < 4.78 is 1.30. The number of para-hydroxylation sites is 1. The first kappa shape index (κ1) is 11.1. The van der Waals surface area contributed by atoms with Crippen molar-refractivity contribution >= 4 is 21.6 Å². The van der Waals surface area contributed by atoms with Crippen LogP contribution >= 0.6 is 11.3 Å². The molecule has 3 rings (SSSR count). The number of benzene rings is 1. The Kier molecular flexibility index (Phi) is 3.09. The average molecular weight is 247 g/mol. The lowest BCUT2D eigenvalue weighted by atomic mass is 10.2. The first-order valence-corrected chi connectivity index (χ1v) is 6.96. The van der Waals surface area contributed by atoms with Crippen molar-refractivity contribution in [1.82, 2.24) is 15.2 Å². The Balaban J connectivity index is 1.86. The van der Waals surface area contributed by atoms with E-state index in [1.165, 1.54) is 9.71 Å². The number of nitrogens with one attached hydrogen (secondary N) is 1. The molecule has 4 heteroatoms. The molecule has 0 bridgehead atoms. The van der Waals surface area contributed by atoms with E-state index in [2.05, 4.69) is 41.4 Å². The second-order valence-corrected chi connectivity index (χ2v) is 5.54. The van der Waals surface area contributed by atoms with Crippen molar-refractivity contribution in [3.05, 3.63) is 29.3 Å².